The van der Waals surface area contributed by atoms with Crippen LogP contribution in [0.4, 0.5) is 8.78 Å². The van der Waals surface area contributed by atoms with Crippen molar-refractivity contribution in [3.63, 3.8) is 0 Å². The van der Waals surface area contributed by atoms with Gasteiger partial charge < -0.3 is 0 Å². The number of benzene rings is 1. The first-order valence-corrected chi connectivity index (χ1v) is 3.92. The molecule has 0 amide bonds. The van der Waals surface area contributed by atoms with E-state index in [2.05, 4.69) is 16.3 Å². The van der Waals surface area contributed by atoms with Crippen molar-refractivity contribution in [2.24, 2.45) is 0 Å². The van der Waals surface area contributed by atoms with E-state index in [1.165, 1.54) is 18.2 Å². The van der Waals surface area contributed by atoms with E-state index in [0.29, 0.717) is 0 Å². The zero-order valence-electron chi connectivity index (χ0n) is 7.04. The van der Waals surface area contributed by atoms with Crippen LogP contribution in [0.5, 0.6) is 0 Å². The number of rotatable bonds is 1. The molecule has 1 aromatic heterocycles. The van der Waals surface area contributed by atoms with Gasteiger partial charge in [-0.25, -0.2) is 18.7 Å². The Balaban J connectivity index is 2.61. The van der Waals surface area contributed by atoms with Gasteiger partial charge in [0.1, 0.15) is 11.5 Å². The summed E-state index contributed by atoms with van der Waals surface area (Å²) in [7, 11) is 0. The van der Waals surface area contributed by atoms with Crippen LogP contribution < -0.4 is 0 Å². The van der Waals surface area contributed by atoms with Crippen LogP contribution in [0.1, 0.15) is 0 Å². The first-order valence-electron chi connectivity index (χ1n) is 3.92. The molecule has 0 fully saturated rings. The fourth-order valence-electron chi connectivity index (χ4n) is 1.12. The third kappa shape index (κ3) is 1.46. The van der Waals surface area contributed by atoms with Gasteiger partial charge in [-0.15, -0.1) is 0 Å². The predicted octanol–water partition coefficient (Wildman–Crippen LogP) is 2.22. The second-order valence-corrected chi connectivity index (χ2v) is 2.65. The molecule has 0 spiro atoms. The third-order valence-corrected chi connectivity index (χ3v) is 1.75. The molecule has 69 valence electrons. The van der Waals surface area contributed by atoms with Crippen LogP contribution in [-0.2, 0) is 0 Å². The van der Waals surface area contributed by atoms with Gasteiger partial charge in [0, 0.05) is 5.56 Å². The number of halogens is 2. The smallest absolute Gasteiger partial charge is 0.198 e. The van der Waals surface area contributed by atoms with Crippen molar-refractivity contribution in [2.75, 3.05) is 0 Å². The van der Waals surface area contributed by atoms with Gasteiger partial charge in [-0.2, -0.15) is 0 Å². The summed E-state index contributed by atoms with van der Waals surface area (Å²) in [4.78, 5) is 6.92. The van der Waals surface area contributed by atoms with E-state index < -0.39 is 11.6 Å². The molecule has 2 rings (SSSR count). The molecule has 0 unspecified atom stereocenters. The van der Waals surface area contributed by atoms with Gasteiger partial charge in [0.05, 0.1) is 6.20 Å². The number of aromatic nitrogens is 2. The van der Waals surface area contributed by atoms with Gasteiger partial charge in [-0.05, 0) is 12.1 Å². The Morgan fingerprint density at radius 3 is 2.57 bits per heavy atom. The summed E-state index contributed by atoms with van der Waals surface area (Å²) >= 11 is 0. The lowest BCUT2D eigenvalue weighted by Gasteiger charge is -2.01. The van der Waals surface area contributed by atoms with Gasteiger partial charge in [-0.1, -0.05) is 12.1 Å². The Bertz CT molecular complexity index is 414. The quantitative estimate of drug-likeness (QED) is 0.690. The van der Waals surface area contributed by atoms with E-state index in [0.717, 1.165) is 6.20 Å². The normalized spacial score (nSPS) is 10.1. The SMILES string of the molecule is Fc1ccccc1-c1n[c]ncc1F. The maximum Gasteiger partial charge on any atom is 0.198 e. The molecule has 0 aliphatic heterocycles. The second kappa shape index (κ2) is 3.49. The van der Waals surface area contributed by atoms with Crippen LogP contribution in [0, 0.1) is 18.0 Å². The largest absolute Gasteiger partial charge is 0.231 e. The third-order valence-electron chi connectivity index (χ3n) is 1.75. The molecule has 0 saturated heterocycles. The maximum atomic E-state index is 13.2. The Kier molecular flexibility index (Phi) is 2.18. The molecule has 0 aliphatic rings. The van der Waals surface area contributed by atoms with E-state index in [4.69, 9.17) is 0 Å². The average molecular weight is 191 g/mol. The van der Waals surface area contributed by atoms with E-state index >= 15 is 0 Å². The zero-order chi connectivity index (χ0) is 9.97. The number of hydrogen-bond acceptors (Lipinski definition) is 2. The second-order valence-electron chi connectivity index (χ2n) is 2.65. The van der Waals surface area contributed by atoms with Crippen molar-refractivity contribution in [2.45, 2.75) is 0 Å². The summed E-state index contributed by atoms with van der Waals surface area (Å²) in [6.45, 7) is 0. The first-order chi connectivity index (χ1) is 6.79. The highest BCUT2D eigenvalue weighted by atomic mass is 19.1. The van der Waals surface area contributed by atoms with Crippen LogP contribution in [0.3, 0.4) is 0 Å². The molecule has 0 N–H and O–H groups in total. The molecule has 4 heteroatoms. The van der Waals surface area contributed by atoms with E-state index in [1.807, 2.05) is 0 Å². The molecule has 0 bridgehead atoms. The Hall–Kier alpha value is -1.84. The van der Waals surface area contributed by atoms with Crippen molar-refractivity contribution in [1.29, 1.82) is 0 Å². The zero-order valence-corrected chi connectivity index (χ0v) is 7.04. The Labute approximate surface area is 79.3 Å². The van der Waals surface area contributed by atoms with Gasteiger partial charge in [-0.3, -0.25) is 0 Å². The fraction of sp³-hybridized carbons (Fsp3) is 0. The highest BCUT2D eigenvalue weighted by Crippen LogP contribution is 2.21. The van der Waals surface area contributed by atoms with E-state index in [9.17, 15) is 8.78 Å². The fourth-order valence-corrected chi connectivity index (χ4v) is 1.12. The minimum Gasteiger partial charge on any atom is -0.231 e. The summed E-state index contributed by atoms with van der Waals surface area (Å²) in [5, 5.41) is 0. The molecule has 0 atom stereocenters. The van der Waals surface area contributed by atoms with Crippen LogP contribution in [0.15, 0.2) is 30.5 Å². The van der Waals surface area contributed by atoms with Gasteiger partial charge in [0.15, 0.2) is 12.1 Å². The molecule has 1 heterocycles. The molecule has 2 aromatic rings. The number of hydrogen-bond donors (Lipinski definition) is 0. The standard InChI is InChI=1S/C10H5F2N2/c11-8-4-2-1-3-7(8)10-9(12)5-13-6-14-10/h1-5H. The molecular formula is C10H5F2N2. The van der Waals surface area contributed by atoms with E-state index in [1.54, 1.807) is 6.07 Å². The Morgan fingerprint density at radius 1 is 1.07 bits per heavy atom. The molecule has 1 radical (unpaired) electrons. The summed E-state index contributed by atoms with van der Waals surface area (Å²) < 4.78 is 26.4. The summed E-state index contributed by atoms with van der Waals surface area (Å²) in [6, 6.07) is 5.84. The highest BCUT2D eigenvalue weighted by Gasteiger charge is 2.10. The minimum absolute atomic E-state index is 0.0712. The molecule has 1 aromatic carbocycles. The Morgan fingerprint density at radius 2 is 1.86 bits per heavy atom. The van der Waals surface area contributed by atoms with Crippen LogP contribution in [0.2, 0.25) is 0 Å². The molecule has 14 heavy (non-hydrogen) atoms. The van der Waals surface area contributed by atoms with Crippen molar-refractivity contribution < 1.29 is 8.78 Å². The first kappa shape index (κ1) is 8.74. The maximum absolute atomic E-state index is 13.2. The van der Waals surface area contributed by atoms with Crippen LogP contribution >= 0.6 is 0 Å². The van der Waals surface area contributed by atoms with Gasteiger partial charge in [0.2, 0.25) is 0 Å². The van der Waals surface area contributed by atoms with Gasteiger partial charge >= 0.3 is 0 Å². The molecule has 0 saturated carbocycles. The van der Waals surface area contributed by atoms with Crippen molar-refractivity contribution >= 4 is 0 Å². The monoisotopic (exact) mass is 191 g/mol. The highest BCUT2D eigenvalue weighted by molar-refractivity contribution is 5.59. The summed E-state index contributed by atoms with van der Waals surface area (Å²) in [6.07, 6.45) is 3.17. The average Bonchev–Trinajstić information content (AvgIpc) is 2.20. The number of nitrogens with zero attached hydrogens (tertiary/aromatic N) is 2. The lowest BCUT2D eigenvalue weighted by atomic mass is 10.1. The molecular weight excluding hydrogens is 186 g/mol. The van der Waals surface area contributed by atoms with E-state index in [-0.39, 0.29) is 11.3 Å². The molecule has 0 aliphatic carbocycles. The predicted molar refractivity (Wildman–Crippen MR) is 46.2 cm³/mol. The molecule has 2 nitrogen and oxygen atoms in total. The lowest BCUT2D eigenvalue weighted by molar-refractivity contribution is 0.606. The van der Waals surface area contributed by atoms with Crippen molar-refractivity contribution in [1.82, 2.24) is 9.97 Å². The minimum atomic E-state index is -0.658. The summed E-state index contributed by atoms with van der Waals surface area (Å²) in [5.74, 6) is -1.17. The van der Waals surface area contributed by atoms with Crippen LogP contribution in [-0.4, -0.2) is 9.97 Å². The summed E-state index contributed by atoms with van der Waals surface area (Å²) in [5.41, 5.74) is 0.0433. The van der Waals surface area contributed by atoms with Crippen molar-refractivity contribution in [3.8, 4) is 11.3 Å². The lowest BCUT2D eigenvalue weighted by Crippen LogP contribution is -1.93. The van der Waals surface area contributed by atoms with Gasteiger partial charge in [0.25, 0.3) is 0 Å². The van der Waals surface area contributed by atoms with Crippen molar-refractivity contribution in [3.05, 3.63) is 48.4 Å². The topological polar surface area (TPSA) is 25.8 Å². The van der Waals surface area contributed by atoms with Crippen LogP contribution in [0.25, 0.3) is 11.3 Å².